The highest BCUT2D eigenvalue weighted by molar-refractivity contribution is 5.85. The first-order valence-electron chi connectivity index (χ1n) is 7.94. The molecule has 0 aliphatic rings. The summed E-state index contributed by atoms with van der Waals surface area (Å²) in [6, 6.07) is 14.1. The Kier molecular flexibility index (Phi) is 4.85. The summed E-state index contributed by atoms with van der Waals surface area (Å²) in [6.07, 6.45) is -3.87. The van der Waals surface area contributed by atoms with Gasteiger partial charge in [-0.1, -0.05) is 43.0 Å². The Morgan fingerprint density at radius 2 is 1.65 bits per heavy atom. The maximum atomic E-state index is 14.6. The molecule has 0 bridgehead atoms. The van der Waals surface area contributed by atoms with Crippen molar-refractivity contribution in [1.29, 1.82) is 0 Å². The lowest BCUT2D eigenvalue weighted by molar-refractivity contribution is -0.274. The van der Waals surface area contributed by atoms with E-state index in [1.54, 1.807) is 12.1 Å². The summed E-state index contributed by atoms with van der Waals surface area (Å²) < 4.78 is 54.8. The molecule has 1 nitrogen and oxygen atoms in total. The lowest BCUT2D eigenvalue weighted by atomic mass is 10.0. The molecule has 0 atom stereocenters. The molecule has 0 heterocycles. The van der Waals surface area contributed by atoms with E-state index in [2.05, 4.69) is 16.6 Å². The van der Waals surface area contributed by atoms with Gasteiger partial charge < -0.3 is 4.74 Å². The van der Waals surface area contributed by atoms with Gasteiger partial charge in [-0.2, -0.15) is 0 Å². The van der Waals surface area contributed by atoms with Gasteiger partial charge in [-0.3, -0.25) is 0 Å². The lowest BCUT2D eigenvalue weighted by Crippen LogP contribution is -2.16. The summed E-state index contributed by atoms with van der Waals surface area (Å²) in [4.78, 5) is 0. The molecule has 0 aliphatic heterocycles. The maximum Gasteiger partial charge on any atom is 0.573 e. The van der Waals surface area contributed by atoms with Crippen LogP contribution in [0.15, 0.2) is 54.6 Å². The molecule has 3 rings (SSSR count). The van der Waals surface area contributed by atoms with Crippen LogP contribution in [0.25, 0.3) is 10.8 Å². The molecule has 5 heteroatoms. The standard InChI is InChI=1S/C21H14F4O/c1-2-14-6-12-19-17(13-14)9-8-16(20(19)22)7-3-15-4-10-18(11-5-15)26-21(23,24)25/h4-6,8-13H,2H2,1H3. The van der Waals surface area contributed by atoms with Crippen LogP contribution < -0.4 is 4.74 Å². The summed E-state index contributed by atoms with van der Waals surface area (Å²) >= 11 is 0. The monoisotopic (exact) mass is 358 g/mol. The van der Waals surface area contributed by atoms with Crippen molar-refractivity contribution in [2.24, 2.45) is 0 Å². The molecule has 0 radical (unpaired) electrons. The first kappa shape index (κ1) is 17.8. The highest BCUT2D eigenvalue weighted by Gasteiger charge is 2.30. The summed E-state index contributed by atoms with van der Waals surface area (Å²) in [7, 11) is 0. The third-order valence-electron chi connectivity index (χ3n) is 3.86. The van der Waals surface area contributed by atoms with E-state index < -0.39 is 12.2 Å². The smallest absolute Gasteiger partial charge is 0.406 e. The fourth-order valence-corrected chi connectivity index (χ4v) is 2.54. The molecule has 0 N–H and O–H groups in total. The maximum absolute atomic E-state index is 14.6. The van der Waals surface area contributed by atoms with E-state index in [0.717, 1.165) is 17.4 Å². The van der Waals surface area contributed by atoms with Crippen LogP contribution in [0.4, 0.5) is 17.6 Å². The fourth-order valence-electron chi connectivity index (χ4n) is 2.54. The van der Waals surface area contributed by atoms with Crippen molar-refractivity contribution in [2.45, 2.75) is 19.7 Å². The number of aryl methyl sites for hydroxylation is 1. The van der Waals surface area contributed by atoms with E-state index in [4.69, 9.17) is 0 Å². The second-order valence-corrected chi connectivity index (χ2v) is 5.66. The number of benzene rings is 3. The van der Waals surface area contributed by atoms with E-state index >= 15 is 0 Å². The van der Waals surface area contributed by atoms with E-state index in [-0.39, 0.29) is 11.3 Å². The number of ether oxygens (including phenoxy) is 1. The molecule has 26 heavy (non-hydrogen) atoms. The van der Waals surface area contributed by atoms with Crippen LogP contribution in [0.2, 0.25) is 0 Å². The van der Waals surface area contributed by atoms with Gasteiger partial charge in [0.25, 0.3) is 0 Å². The molecule has 0 saturated carbocycles. The van der Waals surface area contributed by atoms with Gasteiger partial charge in [0.15, 0.2) is 0 Å². The highest BCUT2D eigenvalue weighted by atomic mass is 19.4. The van der Waals surface area contributed by atoms with Crippen molar-refractivity contribution in [3.05, 3.63) is 77.1 Å². The fraction of sp³-hybridized carbons (Fsp3) is 0.143. The molecule has 0 amide bonds. The SMILES string of the molecule is CCc1ccc2c(F)c(C#Cc3ccc(OC(F)(F)F)cc3)ccc2c1. The van der Waals surface area contributed by atoms with Gasteiger partial charge >= 0.3 is 6.36 Å². The number of rotatable bonds is 2. The predicted octanol–water partition coefficient (Wildman–Crippen LogP) is 5.84. The number of hydrogen-bond donors (Lipinski definition) is 0. The molecule has 0 saturated heterocycles. The Labute approximate surface area is 148 Å². The zero-order chi connectivity index (χ0) is 18.7. The summed E-state index contributed by atoms with van der Waals surface area (Å²) in [5.41, 5.74) is 1.81. The van der Waals surface area contributed by atoms with Gasteiger partial charge in [-0.05, 0) is 47.7 Å². The average molecular weight is 358 g/mol. The Balaban J connectivity index is 1.87. The molecule has 0 spiro atoms. The number of hydrogen-bond acceptors (Lipinski definition) is 1. The summed E-state index contributed by atoms with van der Waals surface area (Å²) in [5.74, 6) is 4.75. The van der Waals surface area contributed by atoms with Gasteiger partial charge in [0, 0.05) is 10.9 Å². The minimum Gasteiger partial charge on any atom is -0.406 e. The van der Waals surface area contributed by atoms with Crippen molar-refractivity contribution in [2.75, 3.05) is 0 Å². The van der Waals surface area contributed by atoms with Gasteiger partial charge in [-0.25, -0.2) is 4.39 Å². The van der Waals surface area contributed by atoms with E-state index in [1.807, 2.05) is 25.1 Å². The highest BCUT2D eigenvalue weighted by Crippen LogP contribution is 2.24. The van der Waals surface area contributed by atoms with Gasteiger partial charge in [0.05, 0.1) is 5.56 Å². The molecule has 0 aromatic heterocycles. The normalized spacial score (nSPS) is 11.1. The minimum atomic E-state index is -4.74. The van der Waals surface area contributed by atoms with Gasteiger partial charge in [0.1, 0.15) is 11.6 Å². The number of halogens is 4. The van der Waals surface area contributed by atoms with Crippen LogP contribution in [0.5, 0.6) is 5.75 Å². The van der Waals surface area contributed by atoms with E-state index in [1.165, 1.54) is 24.3 Å². The largest absolute Gasteiger partial charge is 0.573 e. The average Bonchev–Trinajstić information content (AvgIpc) is 2.61. The lowest BCUT2D eigenvalue weighted by Gasteiger charge is -2.08. The molecule has 0 aliphatic carbocycles. The van der Waals surface area contributed by atoms with Crippen LogP contribution in [-0.2, 0) is 6.42 Å². The molecular weight excluding hydrogens is 344 g/mol. The van der Waals surface area contributed by atoms with Crippen molar-refractivity contribution in [1.82, 2.24) is 0 Å². The zero-order valence-corrected chi connectivity index (χ0v) is 13.8. The molecule has 0 fully saturated rings. The van der Waals surface area contributed by atoms with Crippen LogP contribution in [0.3, 0.4) is 0 Å². The molecule has 3 aromatic carbocycles. The molecule has 132 valence electrons. The predicted molar refractivity (Wildman–Crippen MR) is 92.4 cm³/mol. The first-order valence-corrected chi connectivity index (χ1v) is 7.94. The van der Waals surface area contributed by atoms with Crippen molar-refractivity contribution < 1.29 is 22.3 Å². The Morgan fingerprint density at radius 1 is 0.923 bits per heavy atom. The first-order chi connectivity index (χ1) is 12.4. The van der Waals surface area contributed by atoms with Crippen molar-refractivity contribution in [3.8, 4) is 17.6 Å². The molecule has 0 unspecified atom stereocenters. The van der Waals surface area contributed by atoms with Gasteiger partial charge in [-0.15, -0.1) is 13.2 Å². The topological polar surface area (TPSA) is 9.23 Å². The van der Waals surface area contributed by atoms with Crippen molar-refractivity contribution >= 4 is 10.8 Å². The van der Waals surface area contributed by atoms with Gasteiger partial charge in [0.2, 0.25) is 0 Å². The van der Waals surface area contributed by atoms with E-state index in [0.29, 0.717) is 10.9 Å². The third-order valence-corrected chi connectivity index (χ3v) is 3.86. The third kappa shape index (κ3) is 4.15. The Morgan fingerprint density at radius 3 is 2.31 bits per heavy atom. The summed E-state index contributed by atoms with van der Waals surface area (Å²) in [6.45, 7) is 2.03. The number of fused-ring (bicyclic) bond motifs is 1. The summed E-state index contributed by atoms with van der Waals surface area (Å²) in [5, 5.41) is 1.30. The second-order valence-electron chi connectivity index (χ2n) is 5.66. The van der Waals surface area contributed by atoms with Crippen LogP contribution in [0, 0.1) is 17.7 Å². The van der Waals surface area contributed by atoms with Crippen LogP contribution >= 0.6 is 0 Å². The minimum absolute atomic E-state index is 0.234. The Hall–Kier alpha value is -3.00. The number of alkyl halides is 3. The quantitative estimate of drug-likeness (QED) is 0.413. The van der Waals surface area contributed by atoms with Crippen molar-refractivity contribution in [3.63, 3.8) is 0 Å². The van der Waals surface area contributed by atoms with Crippen LogP contribution in [-0.4, -0.2) is 6.36 Å². The Bertz CT molecular complexity index is 993. The second kappa shape index (κ2) is 7.09. The van der Waals surface area contributed by atoms with Crippen LogP contribution in [0.1, 0.15) is 23.6 Å². The zero-order valence-electron chi connectivity index (χ0n) is 13.8. The molecule has 3 aromatic rings. The van der Waals surface area contributed by atoms with E-state index in [9.17, 15) is 17.6 Å². The molecular formula is C21H14F4O.